The van der Waals surface area contributed by atoms with Gasteiger partial charge in [0.05, 0.1) is 11.1 Å². The summed E-state index contributed by atoms with van der Waals surface area (Å²) in [4.78, 5) is 42.4. The van der Waals surface area contributed by atoms with Crippen molar-refractivity contribution in [1.82, 2.24) is 14.1 Å². The Balaban J connectivity index is 1.97. The minimum Gasteiger partial charge on any atom is -0.325 e. The number of carbonyl (C=O) groups excluding carboxylic acids is 1. The van der Waals surface area contributed by atoms with E-state index in [1.54, 1.807) is 13.2 Å². The Hall–Kier alpha value is -2.94. The molecular formula is C20H21FN4O3S. The number of nitrogens with zero attached hydrogens (tertiary/aromatic N) is 3. The van der Waals surface area contributed by atoms with Crippen molar-refractivity contribution in [2.45, 2.75) is 24.7 Å². The smallest absolute Gasteiger partial charge is 0.325 e. The van der Waals surface area contributed by atoms with E-state index in [0.29, 0.717) is 28.0 Å². The second kappa shape index (κ2) is 8.60. The third-order valence-electron chi connectivity index (χ3n) is 4.49. The van der Waals surface area contributed by atoms with Crippen molar-refractivity contribution in [1.29, 1.82) is 0 Å². The normalized spacial score (nSPS) is 11.0. The van der Waals surface area contributed by atoms with E-state index in [4.69, 9.17) is 0 Å². The molecule has 1 N–H and O–H groups in total. The number of anilines is 1. The third-order valence-corrected chi connectivity index (χ3v) is 5.65. The first-order chi connectivity index (χ1) is 13.8. The van der Waals surface area contributed by atoms with Gasteiger partial charge in [-0.05, 0) is 36.2 Å². The number of pyridine rings is 1. The largest absolute Gasteiger partial charge is 0.332 e. The van der Waals surface area contributed by atoms with Gasteiger partial charge in [0.2, 0.25) is 5.91 Å². The molecule has 152 valence electrons. The average molecular weight is 416 g/mol. The van der Waals surface area contributed by atoms with Gasteiger partial charge in [0.15, 0.2) is 0 Å². The Morgan fingerprint density at radius 2 is 1.86 bits per heavy atom. The van der Waals surface area contributed by atoms with Gasteiger partial charge in [0.1, 0.15) is 11.5 Å². The van der Waals surface area contributed by atoms with Gasteiger partial charge >= 0.3 is 5.69 Å². The van der Waals surface area contributed by atoms with Crippen molar-refractivity contribution in [3.05, 3.63) is 62.7 Å². The topological polar surface area (TPSA) is 86.0 Å². The Labute approximate surface area is 170 Å². The number of thioether (sulfide) groups is 1. The Kier molecular flexibility index (Phi) is 6.17. The lowest BCUT2D eigenvalue weighted by Crippen LogP contribution is -2.37. The van der Waals surface area contributed by atoms with Gasteiger partial charge < -0.3 is 5.32 Å². The van der Waals surface area contributed by atoms with Crippen LogP contribution in [0.1, 0.15) is 18.9 Å². The molecule has 0 fully saturated rings. The first kappa shape index (κ1) is 20.8. The zero-order valence-corrected chi connectivity index (χ0v) is 17.2. The van der Waals surface area contributed by atoms with Crippen molar-refractivity contribution in [3.63, 3.8) is 0 Å². The van der Waals surface area contributed by atoms with Crippen LogP contribution in [0, 0.1) is 5.82 Å². The van der Waals surface area contributed by atoms with Crippen LogP contribution in [0.15, 0.2) is 44.9 Å². The van der Waals surface area contributed by atoms with Crippen molar-refractivity contribution in [2.24, 2.45) is 14.1 Å². The van der Waals surface area contributed by atoms with Gasteiger partial charge in [-0.25, -0.2) is 14.2 Å². The summed E-state index contributed by atoms with van der Waals surface area (Å²) in [5.74, 6) is -0.610. The fraction of sp³-hybridized carbons (Fsp3) is 0.300. The highest BCUT2D eigenvalue weighted by molar-refractivity contribution is 8.00. The van der Waals surface area contributed by atoms with E-state index in [-0.39, 0.29) is 17.5 Å². The van der Waals surface area contributed by atoms with Crippen LogP contribution >= 0.6 is 11.8 Å². The zero-order valence-electron chi connectivity index (χ0n) is 16.4. The molecule has 0 saturated carbocycles. The molecule has 0 spiro atoms. The second-order valence-electron chi connectivity index (χ2n) is 6.61. The number of amides is 1. The maximum absolute atomic E-state index is 13.0. The molecule has 2 heterocycles. The van der Waals surface area contributed by atoms with Crippen LogP contribution in [0.3, 0.4) is 0 Å². The van der Waals surface area contributed by atoms with Crippen LogP contribution in [0.4, 0.5) is 10.1 Å². The van der Waals surface area contributed by atoms with E-state index in [1.807, 2.05) is 6.92 Å². The summed E-state index contributed by atoms with van der Waals surface area (Å²) in [7, 11) is 2.98. The highest BCUT2D eigenvalue weighted by Crippen LogP contribution is 2.29. The Bertz CT molecular complexity index is 1190. The van der Waals surface area contributed by atoms with Crippen molar-refractivity contribution < 1.29 is 9.18 Å². The van der Waals surface area contributed by atoms with E-state index < -0.39 is 11.2 Å². The third kappa shape index (κ3) is 4.24. The maximum atomic E-state index is 13.0. The predicted molar refractivity (Wildman–Crippen MR) is 112 cm³/mol. The molecule has 0 bridgehead atoms. The molecule has 0 aliphatic rings. The van der Waals surface area contributed by atoms with E-state index >= 15 is 0 Å². The lowest BCUT2D eigenvalue weighted by molar-refractivity contribution is -0.113. The number of benzene rings is 1. The molecule has 9 heteroatoms. The minimum absolute atomic E-state index is 0.0548. The number of nitrogens with one attached hydrogen (secondary N) is 1. The second-order valence-corrected chi connectivity index (χ2v) is 7.60. The number of rotatable bonds is 6. The summed E-state index contributed by atoms with van der Waals surface area (Å²) in [5, 5.41) is 3.04. The number of halogens is 1. The number of aryl methyl sites for hydroxylation is 2. The van der Waals surface area contributed by atoms with E-state index in [9.17, 15) is 18.8 Å². The molecule has 0 aliphatic heterocycles. The van der Waals surface area contributed by atoms with Crippen LogP contribution in [0.2, 0.25) is 0 Å². The van der Waals surface area contributed by atoms with Crippen molar-refractivity contribution in [3.8, 4) is 0 Å². The first-order valence-electron chi connectivity index (χ1n) is 9.09. The Morgan fingerprint density at radius 1 is 1.17 bits per heavy atom. The standard InChI is InChI=1S/C20H21FN4O3S/c1-4-5-12-10-22-18-16(19(27)25(3)20(28)24(18)2)17(12)29-11-15(26)23-14-8-6-13(21)7-9-14/h6-10H,4-5,11H2,1-3H3,(H,23,26). The molecule has 0 unspecified atom stereocenters. The summed E-state index contributed by atoms with van der Waals surface area (Å²) in [6.07, 6.45) is 3.19. The van der Waals surface area contributed by atoms with E-state index in [0.717, 1.165) is 16.6 Å². The maximum Gasteiger partial charge on any atom is 0.332 e. The van der Waals surface area contributed by atoms with Crippen molar-refractivity contribution >= 4 is 34.4 Å². The lowest BCUT2D eigenvalue weighted by atomic mass is 10.1. The quantitative estimate of drug-likeness (QED) is 0.624. The lowest BCUT2D eigenvalue weighted by Gasteiger charge is -2.14. The molecule has 2 aromatic heterocycles. The number of carbonyl (C=O) groups is 1. The molecule has 1 amide bonds. The minimum atomic E-state index is -0.455. The van der Waals surface area contributed by atoms with Gasteiger partial charge in [0, 0.05) is 30.9 Å². The molecule has 0 aliphatic carbocycles. The van der Waals surface area contributed by atoms with Gasteiger partial charge in [-0.1, -0.05) is 13.3 Å². The molecule has 1 aromatic carbocycles. The SMILES string of the molecule is CCCc1cnc2c(c1SCC(=O)Nc1ccc(F)cc1)c(=O)n(C)c(=O)n2C. The predicted octanol–water partition coefficient (Wildman–Crippen LogP) is 2.45. The highest BCUT2D eigenvalue weighted by atomic mass is 32.2. The Morgan fingerprint density at radius 3 is 2.52 bits per heavy atom. The summed E-state index contributed by atoms with van der Waals surface area (Å²) < 4.78 is 15.4. The summed E-state index contributed by atoms with van der Waals surface area (Å²) in [6.45, 7) is 2.01. The zero-order chi connectivity index (χ0) is 21.1. The van der Waals surface area contributed by atoms with Crippen LogP contribution < -0.4 is 16.6 Å². The molecular weight excluding hydrogens is 395 g/mol. The summed E-state index contributed by atoms with van der Waals surface area (Å²) >= 11 is 1.23. The van der Waals surface area contributed by atoms with Crippen LogP contribution in [-0.2, 0) is 25.3 Å². The molecule has 0 saturated heterocycles. The molecule has 0 radical (unpaired) electrons. The van der Waals surface area contributed by atoms with Gasteiger partial charge in [0.25, 0.3) is 5.56 Å². The van der Waals surface area contributed by atoms with Gasteiger partial charge in [-0.2, -0.15) is 0 Å². The molecule has 0 atom stereocenters. The van der Waals surface area contributed by atoms with E-state index in [1.165, 1.54) is 47.6 Å². The fourth-order valence-corrected chi connectivity index (χ4v) is 4.03. The van der Waals surface area contributed by atoms with Crippen molar-refractivity contribution in [2.75, 3.05) is 11.1 Å². The van der Waals surface area contributed by atoms with Gasteiger partial charge in [-0.15, -0.1) is 11.8 Å². The molecule has 3 aromatic rings. The first-order valence-corrected chi connectivity index (χ1v) is 10.1. The number of fused-ring (bicyclic) bond motifs is 1. The fourth-order valence-electron chi connectivity index (χ4n) is 3.02. The number of aromatic nitrogens is 3. The monoisotopic (exact) mass is 416 g/mol. The molecule has 3 rings (SSSR count). The van der Waals surface area contributed by atoms with Crippen LogP contribution in [-0.4, -0.2) is 25.8 Å². The van der Waals surface area contributed by atoms with E-state index in [2.05, 4.69) is 10.3 Å². The summed E-state index contributed by atoms with van der Waals surface area (Å²) in [6, 6.07) is 5.49. The highest BCUT2D eigenvalue weighted by Gasteiger charge is 2.18. The number of hydrogen-bond donors (Lipinski definition) is 1. The number of hydrogen-bond acceptors (Lipinski definition) is 5. The van der Waals surface area contributed by atoms with Crippen LogP contribution in [0.25, 0.3) is 11.0 Å². The van der Waals surface area contributed by atoms with Crippen LogP contribution in [0.5, 0.6) is 0 Å². The van der Waals surface area contributed by atoms with Gasteiger partial charge in [-0.3, -0.25) is 18.7 Å². The summed E-state index contributed by atoms with van der Waals surface area (Å²) in [5.41, 5.74) is 0.747. The molecule has 7 nitrogen and oxygen atoms in total. The average Bonchev–Trinajstić information content (AvgIpc) is 2.71. The molecule has 29 heavy (non-hydrogen) atoms.